The van der Waals surface area contributed by atoms with Crippen LogP contribution in [-0.4, -0.2) is 27.5 Å². The molecule has 0 aliphatic heterocycles. The standard InChI is InChI=1S/C15H24BrN3O/c1-15(2,3)19-10-9-17-13(14(19)20)18(4)12-8-6-5-7-11(12)16/h9-12H,5-8H2,1-4H3. The lowest BCUT2D eigenvalue weighted by Gasteiger charge is -2.36. The fourth-order valence-electron chi connectivity index (χ4n) is 2.83. The zero-order valence-corrected chi connectivity index (χ0v) is 14.4. The summed E-state index contributed by atoms with van der Waals surface area (Å²) in [6, 6.07) is 0.347. The minimum absolute atomic E-state index is 0.00669. The number of aromatic nitrogens is 2. The number of hydrogen-bond acceptors (Lipinski definition) is 3. The highest BCUT2D eigenvalue weighted by atomic mass is 79.9. The summed E-state index contributed by atoms with van der Waals surface area (Å²) in [5.74, 6) is 0.554. The maximum absolute atomic E-state index is 12.6. The third-order valence-electron chi connectivity index (χ3n) is 4.02. The van der Waals surface area contributed by atoms with Crippen molar-refractivity contribution in [2.24, 2.45) is 0 Å². The highest BCUT2D eigenvalue weighted by Gasteiger charge is 2.29. The van der Waals surface area contributed by atoms with Crippen LogP contribution in [0.4, 0.5) is 5.82 Å². The van der Waals surface area contributed by atoms with Crippen LogP contribution in [0, 0.1) is 0 Å². The van der Waals surface area contributed by atoms with Crippen molar-refractivity contribution in [1.82, 2.24) is 9.55 Å². The molecule has 4 nitrogen and oxygen atoms in total. The largest absolute Gasteiger partial charge is 0.351 e. The van der Waals surface area contributed by atoms with Gasteiger partial charge in [0.15, 0.2) is 5.82 Å². The van der Waals surface area contributed by atoms with Gasteiger partial charge in [0, 0.05) is 35.8 Å². The second kappa shape index (κ2) is 5.88. The van der Waals surface area contributed by atoms with Crippen LogP contribution in [0.15, 0.2) is 17.2 Å². The summed E-state index contributed by atoms with van der Waals surface area (Å²) in [6.07, 6.45) is 8.25. The zero-order valence-electron chi connectivity index (χ0n) is 12.8. The van der Waals surface area contributed by atoms with E-state index >= 15 is 0 Å². The molecular formula is C15H24BrN3O. The van der Waals surface area contributed by atoms with Crippen LogP contribution in [0.5, 0.6) is 0 Å². The van der Waals surface area contributed by atoms with E-state index < -0.39 is 0 Å². The van der Waals surface area contributed by atoms with Crippen molar-refractivity contribution >= 4 is 21.7 Å². The number of nitrogens with zero attached hydrogens (tertiary/aromatic N) is 3. The van der Waals surface area contributed by atoms with Crippen molar-refractivity contribution < 1.29 is 0 Å². The maximum Gasteiger partial charge on any atom is 0.293 e. The summed E-state index contributed by atoms with van der Waals surface area (Å²) >= 11 is 3.76. The topological polar surface area (TPSA) is 38.1 Å². The van der Waals surface area contributed by atoms with Crippen LogP contribution in [0.1, 0.15) is 46.5 Å². The van der Waals surface area contributed by atoms with Gasteiger partial charge >= 0.3 is 0 Å². The summed E-state index contributed by atoms with van der Waals surface area (Å²) in [6.45, 7) is 6.10. The molecule has 2 unspecified atom stereocenters. The second-order valence-corrected chi connectivity index (χ2v) is 7.75. The number of rotatable bonds is 2. The predicted octanol–water partition coefficient (Wildman–Crippen LogP) is 3.14. The van der Waals surface area contributed by atoms with Gasteiger partial charge in [0.25, 0.3) is 5.56 Å². The van der Waals surface area contributed by atoms with Gasteiger partial charge in [-0.25, -0.2) is 4.98 Å². The maximum atomic E-state index is 12.6. The zero-order chi connectivity index (χ0) is 14.9. The van der Waals surface area contributed by atoms with E-state index in [0.717, 1.165) is 12.8 Å². The lowest BCUT2D eigenvalue weighted by atomic mass is 9.94. The number of anilines is 1. The molecule has 1 saturated carbocycles. The number of hydrogen-bond donors (Lipinski definition) is 0. The lowest BCUT2D eigenvalue weighted by molar-refractivity contribution is 0.380. The van der Waals surface area contributed by atoms with Gasteiger partial charge in [-0.05, 0) is 33.6 Å². The van der Waals surface area contributed by atoms with E-state index in [0.29, 0.717) is 16.7 Å². The summed E-state index contributed by atoms with van der Waals surface area (Å²) in [5, 5.41) is 0. The van der Waals surface area contributed by atoms with Gasteiger partial charge in [-0.2, -0.15) is 0 Å². The molecule has 1 aromatic heterocycles. The van der Waals surface area contributed by atoms with Gasteiger partial charge < -0.3 is 9.47 Å². The average molecular weight is 342 g/mol. The van der Waals surface area contributed by atoms with Crippen LogP contribution in [0.25, 0.3) is 0 Å². The van der Waals surface area contributed by atoms with Gasteiger partial charge in [-0.1, -0.05) is 28.8 Å². The Morgan fingerprint density at radius 2 is 2.00 bits per heavy atom. The van der Waals surface area contributed by atoms with Crippen molar-refractivity contribution in [3.05, 3.63) is 22.7 Å². The third kappa shape index (κ3) is 3.08. The van der Waals surface area contributed by atoms with Crippen molar-refractivity contribution in [2.75, 3.05) is 11.9 Å². The van der Waals surface area contributed by atoms with Gasteiger partial charge in [0.2, 0.25) is 0 Å². The van der Waals surface area contributed by atoms with Gasteiger partial charge in [-0.3, -0.25) is 4.79 Å². The Balaban J connectivity index is 2.35. The summed E-state index contributed by atoms with van der Waals surface area (Å²) in [5.41, 5.74) is -0.233. The molecule has 1 aliphatic carbocycles. The third-order valence-corrected chi connectivity index (χ3v) is 5.09. The Hall–Kier alpha value is -0.840. The first-order valence-corrected chi connectivity index (χ1v) is 8.19. The molecule has 0 spiro atoms. The van der Waals surface area contributed by atoms with E-state index in [9.17, 15) is 4.79 Å². The summed E-state index contributed by atoms with van der Waals surface area (Å²) in [4.78, 5) is 19.5. The lowest BCUT2D eigenvalue weighted by Crippen LogP contribution is -2.45. The highest BCUT2D eigenvalue weighted by molar-refractivity contribution is 9.09. The molecule has 0 aromatic carbocycles. The fraction of sp³-hybridized carbons (Fsp3) is 0.733. The minimum atomic E-state index is -0.226. The normalized spacial score (nSPS) is 23.6. The summed E-state index contributed by atoms with van der Waals surface area (Å²) in [7, 11) is 1.99. The van der Waals surface area contributed by atoms with Crippen molar-refractivity contribution in [2.45, 2.75) is 62.9 Å². The predicted molar refractivity (Wildman–Crippen MR) is 86.9 cm³/mol. The molecule has 20 heavy (non-hydrogen) atoms. The second-order valence-electron chi connectivity index (χ2n) is 6.58. The van der Waals surface area contributed by atoms with Crippen molar-refractivity contribution in [3.63, 3.8) is 0 Å². The summed E-state index contributed by atoms with van der Waals surface area (Å²) < 4.78 is 1.76. The molecule has 0 amide bonds. The van der Waals surface area contributed by atoms with E-state index in [2.05, 4.69) is 25.8 Å². The van der Waals surface area contributed by atoms with Crippen molar-refractivity contribution in [1.29, 1.82) is 0 Å². The number of alkyl halides is 1. The highest BCUT2D eigenvalue weighted by Crippen LogP contribution is 2.29. The van der Waals surface area contributed by atoms with Crippen molar-refractivity contribution in [3.8, 4) is 0 Å². The first-order valence-electron chi connectivity index (χ1n) is 7.27. The van der Waals surface area contributed by atoms with Gasteiger partial charge in [-0.15, -0.1) is 0 Å². The van der Waals surface area contributed by atoms with Crippen LogP contribution in [0.2, 0.25) is 0 Å². The SMILES string of the molecule is CN(c1nccn(C(C)(C)C)c1=O)C1CCCCC1Br. The van der Waals surface area contributed by atoms with E-state index in [1.165, 1.54) is 12.8 Å². The van der Waals surface area contributed by atoms with E-state index in [1.54, 1.807) is 17.0 Å². The monoisotopic (exact) mass is 341 g/mol. The Morgan fingerprint density at radius 3 is 2.60 bits per heavy atom. The molecule has 5 heteroatoms. The van der Waals surface area contributed by atoms with Gasteiger partial charge in [0.05, 0.1) is 0 Å². The molecule has 1 aromatic rings. The Kier molecular flexibility index (Phi) is 4.57. The minimum Gasteiger partial charge on any atom is -0.351 e. The number of halogens is 1. The molecule has 0 N–H and O–H groups in total. The molecule has 2 rings (SSSR count). The van der Waals surface area contributed by atoms with Crippen LogP contribution >= 0.6 is 15.9 Å². The molecule has 1 aliphatic rings. The quantitative estimate of drug-likeness (QED) is 0.775. The molecule has 0 saturated heterocycles. The molecular weight excluding hydrogens is 318 g/mol. The molecule has 0 bridgehead atoms. The Bertz CT molecular complexity index is 521. The fourth-order valence-corrected chi connectivity index (χ4v) is 3.77. The van der Waals surface area contributed by atoms with Crippen LogP contribution in [-0.2, 0) is 5.54 Å². The first kappa shape index (κ1) is 15.5. The first-order chi connectivity index (χ1) is 9.32. The van der Waals surface area contributed by atoms with E-state index in [1.807, 2.05) is 27.8 Å². The van der Waals surface area contributed by atoms with Crippen LogP contribution < -0.4 is 10.5 Å². The van der Waals surface area contributed by atoms with E-state index in [-0.39, 0.29) is 11.1 Å². The molecule has 0 radical (unpaired) electrons. The molecule has 2 atom stereocenters. The average Bonchev–Trinajstić information content (AvgIpc) is 2.37. The molecule has 1 fully saturated rings. The smallest absolute Gasteiger partial charge is 0.293 e. The van der Waals surface area contributed by atoms with E-state index in [4.69, 9.17) is 0 Å². The van der Waals surface area contributed by atoms with Gasteiger partial charge in [0.1, 0.15) is 0 Å². The molecule has 112 valence electrons. The Morgan fingerprint density at radius 1 is 1.35 bits per heavy atom. The van der Waals surface area contributed by atoms with Crippen LogP contribution in [0.3, 0.4) is 0 Å². The Labute approximate surface area is 129 Å². The molecule has 1 heterocycles.